The number of carbonyl (C=O) groups excluding carboxylic acids is 3. The Morgan fingerprint density at radius 3 is 2.46 bits per heavy atom. The van der Waals surface area contributed by atoms with Crippen LogP contribution in [0.15, 0.2) is 0 Å². The number of ketones is 1. The van der Waals surface area contributed by atoms with Crippen molar-refractivity contribution in [3.05, 3.63) is 0 Å². The van der Waals surface area contributed by atoms with Gasteiger partial charge in [0.05, 0.1) is 18.6 Å². The van der Waals surface area contributed by atoms with Crippen LogP contribution >= 0.6 is 0 Å². The number of ether oxygens (including phenoxy) is 4. The molecule has 2 N–H and O–H groups in total. The molecule has 2 saturated heterocycles. The van der Waals surface area contributed by atoms with Crippen LogP contribution in [0.4, 0.5) is 0 Å². The number of hydrogen-bond acceptors (Lipinski definition) is 9. The third-order valence-electron chi connectivity index (χ3n) is 10.0. The number of aliphatic hydroxyl groups excluding tert-OH is 1. The van der Waals surface area contributed by atoms with E-state index in [1.165, 1.54) is 13.8 Å². The fraction of sp³-hybridized carbons (Fsp3) is 0.885. The summed E-state index contributed by atoms with van der Waals surface area (Å²) in [5.41, 5.74) is -2.93. The first-order chi connectivity index (χ1) is 16.4. The molecule has 6 fully saturated rings. The molecule has 2 spiro atoms. The minimum Gasteiger partial charge on any atom is -0.462 e. The zero-order valence-corrected chi connectivity index (χ0v) is 21.2. The Kier molecular flexibility index (Phi) is 5.72. The maximum Gasteiger partial charge on any atom is 0.302 e. The van der Waals surface area contributed by atoms with Crippen molar-refractivity contribution in [3.8, 4) is 0 Å². The quantitative estimate of drug-likeness (QED) is 0.548. The van der Waals surface area contributed by atoms with Crippen LogP contribution in [0.2, 0.25) is 0 Å². The highest BCUT2D eigenvalue weighted by atomic mass is 16.6. The summed E-state index contributed by atoms with van der Waals surface area (Å²) < 4.78 is 23.6. The van der Waals surface area contributed by atoms with Crippen molar-refractivity contribution in [3.63, 3.8) is 0 Å². The molecule has 0 aromatic rings. The Bertz CT molecular complexity index is 932. The Morgan fingerprint density at radius 2 is 1.83 bits per heavy atom. The van der Waals surface area contributed by atoms with Crippen LogP contribution in [0.25, 0.3) is 0 Å². The van der Waals surface area contributed by atoms with Crippen LogP contribution in [-0.4, -0.2) is 71.9 Å². The molecule has 4 bridgehead atoms. The molecule has 0 radical (unpaired) electrons. The van der Waals surface area contributed by atoms with Crippen molar-refractivity contribution in [1.29, 1.82) is 0 Å². The molecule has 6 aliphatic rings. The summed E-state index contributed by atoms with van der Waals surface area (Å²) in [7, 11) is 0. The summed E-state index contributed by atoms with van der Waals surface area (Å²) in [6.45, 7) is 9.25. The molecule has 196 valence electrons. The van der Waals surface area contributed by atoms with E-state index in [-0.39, 0.29) is 24.9 Å². The highest BCUT2D eigenvalue weighted by Crippen LogP contribution is 2.77. The maximum atomic E-state index is 14.3. The van der Waals surface area contributed by atoms with Crippen molar-refractivity contribution < 1.29 is 43.5 Å². The van der Waals surface area contributed by atoms with Crippen LogP contribution in [0.3, 0.4) is 0 Å². The molecule has 0 unspecified atom stereocenters. The first kappa shape index (κ1) is 25.1. The first-order valence-electron chi connectivity index (χ1n) is 12.9. The topological polar surface area (TPSA) is 129 Å². The number of fused-ring (bicyclic) bond motifs is 2. The van der Waals surface area contributed by atoms with Crippen molar-refractivity contribution in [2.45, 2.75) is 84.4 Å². The van der Waals surface area contributed by atoms with Crippen LogP contribution in [0.5, 0.6) is 0 Å². The molecule has 2 aliphatic heterocycles. The predicted octanol–water partition coefficient (Wildman–Crippen LogP) is 1.61. The number of Topliss-reactive ketones (excluding diaryl/α,β-unsaturated/α-hetero) is 1. The summed E-state index contributed by atoms with van der Waals surface area (Å²) in [4.78, 5) is 38.8. The molecule has 35 heavy (non-hydrogen) atoms. The molecule has 9 nitrogen and oxygen atoms in total. The normalized spacial score (nSPS) is 49.2. The Labute approximate surface area is 205 Å². The highest BCUT2D eigenvalue weighted by molar-refractivity contribution is 5.92. The van der Waals surface area contributed by atoms with E-state index in [1.807, 2.05) is 20.8 Å². The van der Waals surface area contributed by atoms with E-state index in [4.69, 9.17) is 18.9 Å². The van der Waals surface area contributed by atoms with E-state index >= 15 is 0 Å². The minimum absolute atomic E-state index is 0.00482. The molecule has 6 rings (SSSR count). The van der Waals surface area contributed by atoms with E-state index < -0.39 is 70.0 Å². The fourth-order valence-electron chi connectivity index (χ4n) is 9.17. The molecule has 10 atom stereocenters. The zero-order valence-electron chi connectivity index (χ0n) is 21.2. The number of rotatable bonds is 5. The van der Waals surface area contributed by atoms with E-state index in [0.717, 1.165) is 0 Å². The van der Waals surface area contributed by atoms with Gasteiger partial charge in [-0.05, 0) is 43.9 Å². The molecule has 2 heterocycles. The monoisotopic (exact) mass is 494 g/mol. The average Bonchev–Trinajstić information content (AvgIpc) is 2.97. The third-order valence-corrected chi connectivity index (χ3v) is 10.0. The van der Waals surface area contributed by atoms with Gasteiger partial charge in [0.15, 0.2) is 5.78 Å². The van der Waals surface area contributed by atoms with Gasteiger partial charge in [-0.25, -0.2) is 0 Å². The van der Waals surface area contributed by atoms with Crippen molar-refractivity contribution in [2.75, 3.05) is 19.8 Å². The van der Waals surface area contributed by atoms with Gasteiger partial charge < -0.3 is 29.2 Å². The van der Waals surface area contributed by atoms with Gasteiger partial charge in [-0.15, -0.1) is 0 Å². The van der Waals surface area contributed by atoms with Crippen LogP contribution in [-0.2, 0) is 33.3 Å². The number of hydrogen-bond donors (Lipinski definition) is 2. The SMILES string of the molecule is CCOC[C@H]1C(=O)[C@]23C[C@H]1C[C@@H](OC(C)=O)[C@H]2[C@@]12CO[C@]3(O)[C@@H](O)[C@@H]1C(C)(C)CC[C@@H]2OC(C)=O. The van der Waals surface area contributed by atoms with Crippen molar-refractivity contribution in [2.24, 2.45) is 39.9 Å². The third kappa shape index (κ3) is 3.04. The second-order valence-electron chi connectivity index (χ2n) is 12.1. The Morgan fingerprint density at radius 1 is 1.14 bits per heavy atom. The van der Waals surface area contributed by atoms with Crippen LogP contribution in [0, 0.1) is 39.9 Å². The number of aliphatic hydroxyl groups is 2. The summed E-state index contributed by atoms with van der Waals surface area (Å²) in [6, 6.07) is 0. The lowest BCUT2D eigenvalue weighted by atomic mass is 9.35. The van der Waals surface area contributed by atoms with Gasteiger partial charge in [0.1, 0.15) is 18.3 Å². The molecule has 0 aromatic carbocycles. The molecule has 4 aliphatic carbocycles. The molecule has 9 heteroatoms. The van der Waals surface area contributed by atoms with E-state index in [2.05, 4.69) is 0 Å². The summed E-state index contributed by atoms with van der Waals surface area (Å²) >= 11 is 0. The van der Waals surface area contributed by atoms with Crippen LogP contribution in [0.1, 0.15) is 60.3 Å². The second kappa shape index (κ2) is 7.97. The largest absolute Gasteiger partial charge is 0.462 e. The highest BCUT2D eigenvalue weighted by Gasteiger charge is 2.87. The van der Waals surface area contributed by atoms with E-state index in [0.29, 0.717) is 32.3 Å². The Balaban J connectivity index is 1.74. The zero-order chi connectivity index (χ0) is 25.6. The first-order valence-corrected chi connectivity index (χ1v) is 12.9. The van der Waals surface area contributed by atoms with E-state index in [1.54, 1.807) is 0 Å². The van der Waals surface area contributed by atoms with E-state index in [9.17, 15) is 24.6 Å². The molecule has 0 amide bonds. The molecule has 0 aromatic heterocycles. The lowest BCUT2D eigenvalue weighted by Gasteiger charge is -2.74. The number of carbonyl (C=O) groups is 3. The summed E-state index contributed by atoms with van der Waals surface area (Å²) in [5.74, 6) is -5.15. The van der Waals surface area contributed by atoms with Gasteiger partial charge in [-0.1, -0.05) is 13.8 Å². The van der Waals surface area contributed by atoms with Gasteiger partial charge in [0.2, 0.25) is 5.79 Å². The predicted molar refractivity (Wildman–Crippen MR) is 121 cm³/mol. The van der Waals surface area contributed by atoms with Gasteiger partial charge in [-0.2, -0.15) is 0 Å². The van der Waals surface area contributed by atoms with Crippen molar-refractivity contribution >= 4 is 17.7 Å². The second-order valence-corrected chi connectivity index (χ2v) is 12.1. The molecular weight excluding hydrogens is 456 g/mol. The summed E-state index contributed by atoms with van der Waals surface area (Å²) in [5, 5.41) is 24.0. The molecular formula is C26H38O9. The maximum absolute atomic E-state index is 14.3. The van der Waals surface area contributed by atoms with Gasteiger partial charge >= 0.3 is 11.9 Å². The smallest absolute Gasteiger partial charge is 0.302 e. The lowest BCUT2D eigenvalue weighted by Crippen LogP contribution is -2.85. The fourth-order valence-corrected chi connectivity index (χ4v) is 9.17. The van der Waals surface area contributed by atoms with Gasteiger partial charge in [0, 0.05) is 43.6 Å². The van der Waals surface area contributed by atoms with Gasteiger partial charge in [0.25, 0.3) is 0 Å². The summed E-state index contributed by atoms with van der Waals surface area (Å²) in [6.07, 6.45) is -0.757. The van der Waals surface area contributed by atoms with Crippen LogP contribution < -0.4 is 0 Å². The minimum atomic E-state index is -2.13. The lowest BCUT2D eigenvalue weighted by molar-refractivity contribution is -0.455. The Hall–Kier alpha value is -1.55. The van der Waals surface area contributed by atoms with Crippen molar-refractivity contribution in [1.82, 2.24) is 0 Å². The van der Waals surface area contributed by atoms with Gasteiger partial charge in [-0.3, -0.25) is 14.4 Å². The standard InChI is InChI=1S/C26H38O9/c1-6-32-11-16-15-9-17(34-13(2)27)19-24-12-33-26(31,25(19,10-15)21(16)29)22(30)20(24)23(4,5)8-7-18(24)35-14(3)28/h15-20,22,30-31H,6-12H2,1-5H3/t15-,16-,17-,18+,19+,20-,22+,24+,25+,26-/m1/s1. The number of esters is 2. The average molecular weight is 495 g/mol. The molecule has 4 saturated carbocycles.